The molecule has 0 N–H and O–H groups in total. The average Bonchev–Trinajstić information content (AvgIpc) is 2.72. The Balaban J connectivity index is 2.47. The van der Waals surface area contributed by atoms with Gasteiger partial charge in [0, 0.05) is 11.5 Å². The summed E-state index contributed by atoms with van der Waals surface area (Å²) in [5.41, 5.74) is 0.835. The standard InChI is InChI=1S/C14H16BrN3O2/c1-4-20-14(19)12(10-5-7-11(15)8-6-10)13-16-9(2)17-18(13)3/h5-8,12H,4H2,1-3H3. The highest BCUT2D eigenvalue weighted by atomic mass is 79.9. The van der Waals surface area contributed by atoms with Gasteiger partial charge in [0.15, 0.2) is 0 Å². The van der Waals surface area contributed by atoms with E-state index in [0.717, 1.165) is 10.0 Å². The number of rotatable bonds is 4. The van der Waals surface area contributed by atoms with E-state index in [9.17, 15) is 4.79 Å². The third kappa shape index (κ3) is 3.07. The molecule has 1 atom stereocenters. The lowest BCUT2D eigenvalue weighted by molar-refractivity contribution is -0.144. The molecule has 0 radical (unpaired) electrons. The molecule has 0 bridgehead atoms. The largest absolute Gasteiger partial charge is 0.465 e. The van der Waals surface area contributed by atoms with Crippen molar-refractivity contribution in [1.29, 1.82) is 0 Å². The van der Waals surface area contributed by atoms with E-state index in [1.807, 2.05) is 24.3 Å². The molecule has 0 spiro atoms. The van der Waals surface area contributed by atoms with Gasteiger partial charge >= 0.3 is 5.97 Å². The summed E-state index contributed by atoms with van der Waals surface area (Å²) in [4.78, 5) is 16.6. The minimum absolute atomic E-state index is 0.315. The summed E-state index contributed by atoms with van der Waals surface area (Å²) in [6.07, 6.45) is 0. The fourth-order valence-corrected chi connectivity index (χ4v) is 2.32. The lowest BCUT2D eigenvalue weighted by atomic mass is 9.98. The maximum absolute atomic E-state index is 12.3. The van der Waals surface area contributed by atoms with E-state index in [1.165, 1.54) is 0 Å². The van der Waals surface area contributed by atoms with Crippen molar-refractivity contribution in [1.82, 2.24) is 14.8 Å². The molecule has 0 aliphatic carbocycles. The molecular weight excluding hydrogens is 322 g/mol. The number of hydrogen-bond acceptors (Lipinski definition) is 4. The van der Waals surface area contributed by atoms with Crippen molar-refractivity contribution in [2.45, 2.75) is 19.8 Å². The van der Waals surface area contributed by atoms with Crippen LogP contribution >= 0.6 is 15.9 Å². The Morgan fingerprint density at radius 1 is 1.40 bits per heavy atom. The van der Waals surface area contributed by atoms with Gasteiger partial charge < -0.3 is 4.74 Å². The number of carbonyl (C=O) groups is 1. The van der Waals surface area contributed by atoms with Crippen LogP contribution in [0.25, 0.3) is 0 Å². The quantitative estimate of drug-likeness (QED) is 0.804. The minimum atomic E-state index is -0.561. The fraction of sp³-hybridized carbons (Fsp3) is 0.357. The first kappa shape index (κ1) is 14.7. The highest BCUT2D eigenvalue weighted by Crippen LogP contribution is 2.26. The number of benzene rings is 1. The third-order valence-corrected chi connectivity index (χ3v) is 3.42. The lowest BCUT2D eigenvalue weighted by Crippen LogP contribution is -2.20. The first-order chi connectivity index (χ1) is 9.52. The van der Waals surface area contributed by atoms with Crippen LogP contribution in [0.15, 0.2) is 28.7 Å². The van der Waals surface area contributed by atoms with Crippen LogP contribution in [-0.2, 0) is 16.6 Å². The van der Waals surface area contributed by atoms with E-state index in [-0.39, 0.29) is 5.97 Å². The molecule has 1 heterocycles. The Labute approximate surface area is 126 Å². The topological polar surface area (TPSA) is 57.0 Å². The minimum Gasteiger partial charge on any atom is -0.465 e. The molecular formula is C14H16BrN3O2. The van der Waals surface area contributed by atoms with Gasteiger partial charge in [-0.25, -0.2) is 4.98 Å². The van der Waals surface area contributed by atoms with Crippen molar-refractivity contribution in [2.24, 2.45) is 7.05 Å². The predicted octanol–water partition coefficient (Wildman–Crippen LogP) is 2.58. The molecule has 2 aromatic rings. The Morgan fingerprint density at radius 2 is 2.05 bits per heavy atom. The molecule has 0 saturated carbocycles. The van der Waals surface area contributed by atoms with Crippen molar-refractivity contribution in [3.63, 3.8) is 0 Å². The monoisotopic (exact) mass is 337 g/mol. The van der Waals surface area contributed by atoms with Crippen LogP contribution < -0.4 is 0 Å². The molecule has 1 unspecified atom stereocenters. The Morgan fingerprint density at radius 3 is 2.55 bits per heavy atom. The van der Waals surface area contributed by atoms with E-state index in [4.69, 9.17) is 4.74 Å². The molecule has 1 aromatic heterocycles. The zero-order valence-corrected chi connectivity index (χ0v) is 13.2. The maximum Gasteiger partial charge on any atom is 0.321 e. The van der Waals surface area contributed by atoms with Gasteiger partial charge in [0.1, 0.15) is 17.6 Å². The SMILES string of the molecule is CCOC(=O)C(c1ccc(Br)cc1)c1nc(C)nn1C. The smallest absolute Gasteiger partial charge is 0.321 e. The molecule has 1 aromatic carbocycles. The number of esters is 1. The Bertz CT molecular complexity index is 607. The van der Waals surface area contributed by atoms with Crippen molar-refractivity contribution < 1.29 is 9.53 Å². The fourth-order valence-electron chi connectivity index (χ4n) is 2.05. The summed E-state index contributed by atoms with van der Waals surface area (Å²) < 4.78 is 7.76. The van der Waals surface area contributed by atoms with Crippen LogP contribution in [0.2, 0.25) is 0 Å². The van der Waals surface area contributed by atoms with Gasteiger partial charge in [-0.2, -0.15) is 5.10 Å². The summed E-state index contributed by atoms with van der Waals surface area (Å²) in [6, 6.07) is 7.56. The second kappa shape index (κ2) is 6.17. The van der Waals surface area contributed by atoms with Crippen LogP contribution in [0.4, 0.5) is 0 Å². The van der Waals surface area contributed by atoms with Gasteiger partial charge in [0.05, 0.1) is 6.61 Å². The van der Waals surface area contributed by atoms with Crippen molar-refractivity contribution in [3.8, 4) is 0 Å². The summed E-state index contributed by atoms with van der Waals surface area (Å²) >= 11 is 3.39. The predicted molar refractivity (Wildman–Crippen MR) is 78.4 cm³/mol. The first-order valence-corrected chi connectivity index (χ1v) is 7.12. The normalized spacial score (nSPS) is 12.2. The number of nitrogens with zero attached hydrogens (tertiary/aromatic N) is 3. The molecule has 106 valence electrons. The molecule has 2 rings (SSSR count). The average molecular weight is 338 g/mol. The van der Waals surface area contributed by atoms with Crippen molar-refractivity contribution >= 4 is 21.9 Å². The number of carbonyl (C=O) groups excluding carboxylic acids is 1. The highest BCUT2D eigenvalue weighted by molar-refractivity contribution is 9.10. The number of ether oxygens (including phenoxy) is 1. The van der Waals surface area contributed by atoms with Crippen LogP contribution in [0.5, 0.6) is 0 Å². The number of halogens is 1. The second-order valence-corrected chi connectivity index (χ2v) is 5.29. The van der Waals surface area contributed by atoms with E-state index >= 15 is 0 Å². The zero-order chi connectivity index (χ0) is 14.7. The second-order valence-electron chi connectivity index (χ2n) is 4.38. The van der Waals surface area contributed by atoms with Gasteiger partial charge in [0.25, 0.3) is 0 Å². The first-order valence-electron chi connectivity index (χ1n) is 6.32. The number of aryl methyl sites for hydroxylation is 2. The van der Waals surface area contributed by atoms with E-state index in [0.29, 0.717) is 18.3 Å². The number of aromatic nitrogens is 3. The molecule has 0 aliphatic heterocycles. The third-order valence-electron chi connectivity index (χ3n) is 2.89. The molecule has 0 amide bonds. The zero-order valence-electron chi connectivity index (χ0n) is 11.6. The van der Waals surface area contributed by atoms with E-state index in [2.05, 4.69) is 26.0 Å². The molecule has 0 saturated heterocycles. The molecule has 6 heteroatoms. The van der Waals surface area contributed by atoms with Crippen LogP contribution in [0.3, 0.4) is 0 Å². The van der Waals surface area contributed by atoms with Crippen LogP contribution in [0.1, 0.15) is 30.1 Å². The van der Waals surface area contributed by atoms with Gasteiger partial charge in [-0.3, -0.25) is 9.48 Å². The van der Waals surface area contributed by atoms with Crippen LogP contribution in [-0.4, -0.2) is 27.3 Å². The van der Waals surface area contributed by atoms with E-state index in [1.54, 1.807) is 25.6 Å². The van der Waals surface area contributed by atoms with Crippen molar-refractivity contribution in [3.05, 3.63) is 46.0 Å². The summed E-state index contributed by atoms with van der Waals surface area (Å²) in [5.74, 6) is 0.344. The van der Waals surface area contributed by atoms with Crippen LogP contribution in [0, 0.1) is 6.92 Å². The maximum atomic E-state index is 12.3. The number of hydrogen-bond donors (Lipinski definition) is 0. The van der Waals surface area contributed by atoms with Crippen molar-refractivity contribution in [2.75, 3.05) is 6.61 Å². The molecule has 20 heavy (non-hydrogen) atoms. The molecule has 0 aliphatic rings. The Hall–Kier alpha value is -1.69. The van der Waals surface area contributed by atoms with Gasteiger partial charge in [-0.1, -0.05) is 28.1 Å². The summed E-state index contributed by atoms with van der Waals surface area (Å²) in [7, 11) is 1.78. The van der Waals surface area contributed by atoms with Gasteiger partial charge in [0.2, 0.25) is 0 Å². The lowest BCUT2D eigenvalue weighted by Gasteiger charge is -2.15. The summed E-state index contributed by atoms with van der Waals surface area (Å²) in [5, 5.41) is 4.21. The summed E-state index contributed by atoms with van der Waals surface area (Å²) in [6.45, 7) is 3.93. The van der Waals surface area contributed by atoms with E-state index < -0.39 is 5.92 Å². The molecule has 5 nitrogen and oxygen atoms in total. The highest BCUT2D eigenvalue weighted by Gasteiger charge is 2.28. The molecule has 0 fully saturated rings. The van der Waals surface area contributed by atoms with Gasteiger partial charge in [-0.05, 0) is 31.5 Å². The Kier molecular flexibility index (Phi) is 4.54. The van der Waals surface area contributed by atoms with Gasteiger partial charge in [-0.15, -0.1) is 0 Å².